The van der Waals surface area contributed by atoms with E-state index in [-0.39, 0.29) is 0 Å². The lowest BCUT2D eigenvalue weighted by Crippen LogP contribution is -2.58. The van der Waals surface area contributed by atoms with Gasteiger partial charge in [-0.05, 0) is 37.0 Å². The Morgan fingerprint density at radius 1 is 0.806 bits per heavy atom. The molecule has 2 fully saturated rings. The van der Waals surface area contributed by atoms with Gasteiger partial charge in [0, 0.05) is 59.2 Å². The Morgan fingerprint density at radius 2 is 1.32 bits per heavy atom. The van der Waals surface area contributed by atoms with E-state index < -0.39 is 36.2 Å². The molecule has 170 valence electrons. The molecule has 1 aromatic rings. The van der Waals surface area contributed by atoms with Gasteiger partial charge < -0.3 is 19.1 Å². The summed E-state index contributed by atoms with van der Waals surface area (Å²) in [5, 5.41) is 0. The molecule has 1 aromatic carbocycles. The van der Waals surface area contributed by atoms with Gasteiger partial charge in [-0.3, -0.25) is 19.3 Å². The third kappa shape index (κ3) is 6.69. The van der Waals surface area contributed by atoms with E-state index in [9.17, 15) is 14.4 Å². The van der Waals surface area contributed by atoms with Crippen LogP contribution in [-0.4, -0.2) is 67.3 Å². The zero-order chi connectivity index (χ0) is 22.4. The molecule has 31 heavy (non-hydrogen) atoms. The molecule has 2 heterocycles. The summed E-state index contributed by atoms with van der Waals surface area (Å²) in [4.78, 5) is 39.3. The smallest absolute Gasteiger partial charge is 0.303 e. The molecule has 2 atom stereocenters. The van der Waals surface area contributed by atoms with Crippen LogP contribution in [0.15, 0.2) is 24.3 Å². The lowest BCUT2D eigenvalue weighted by Gasteiger charge is -2.41. The van der Waals surface area contributed by atoms with Crippen molar-refractivity contribution in [1.82, 2.24) is 4.90 Å². The summed E-state index contributed by atoms with van der Waals surface area (Å²) in [5.41, 5.74) is 2.34. The number of esters is 3. The van der Waals surface area contributed by atoms with Crippen molar-refractivity contribution < 1.29 is 28.6 Å². The maximum atomic E-state index is 11.6. The van der Waals surface area contributed by atoms with Crippen molar-refractivity contribution in [2.24, 2.45) is 0 Å². The zero-order valence-corrected chi connectivity index (χ0v) is 18.5. The average Bonchev–Trinajstić information content (AvgIpc) is 2.71. The standard InChI is InChI=1S/C23H32N2O6/c1-16(26)29-21-14-24(15-22(30-17(2)27)23(21)31-18(3)28)13-19-7-9-20(10-8-19)25-11-5-4-6-12-25/h7-10,21-23H,4-6,11-15H2,1-3H3. The number of hydrogen-bond donors (Lipinski definition) is 0. The highest BCUT2D eigenvalue weighted by atomic mass is 16.6. The molecule has 0 aliphatic carbocycles. The Balaban J connectivity index is 1.71. The largest absolute Gasteiger partial charge is 0.457 e. The first kappa shape index (κ1) is 23.1. The minimum Gasteiger partial charge on any atom is -0.457 e. The Kier molecular flexibility index (Phi) is 7.90. The van der Waals surface area contributed by atoms with Gasteiger partial charge >= 0.3 is 17.9 Å². The number of benzene rings is 1. The van der Waals surface area contributed by atoms with E-state index in [1.165, 1.54) is 45.7 Å². The highest BCUT2D eigenvalue weighted by Gasteiger charge is 2.43. The average molecular weight is 433 g/mol. The summed E-state index contributed by atoms with van der Waals surface area (Å²) in [6, 6.07) is 8.48. The monoisotopic (exact) mass is 432 g/mol. The number of rotatable bonds is 6. The molecular weight excluding hydrogens is 400 g/mol. The quantitative estimate of drug-likeness (QED) is 0.500. The summed E-state index contributed by atoms with van der Waals surface area (Å²) >= 11 is 0. The number of likely N-dealkylation sites (tertiary alicyclic amines) is 1. The maximum absolute atomic E-state index is 11.6. The lowest BCUT2D eigenvalue weighted by molar-refractivity contribution is -0.195. The SMILES string of the molecule is CC(=O)OC1CN(Cc2ccc(N3CCCCC3)cc2)CC(OC(C)=O)C1OC(C)=O. The van der Waals surface area contributed by atoms with Gasteiger partial charge in [0.1, 0.15) is 0 Å². The predicted octanol–water partition coefficient (Wildman–Crippen LogP) is 2.29. The third-order valence-corrected chi connectivity index (χ3v) is 5.61. The van der Waals surface area contributed by atoms with Crippen LogP contribution in [-0.2, 0) is 35.1 Å². The van der Waals surface area contributed by atoms with E-state index in [2.05, 4.69) is 34.1 Å². The number of nitrogens with zero attached hydrogens (tertiary/aromatic N) is 2. The van der Waals surface area contributed by atoms with Crippen LogP contribution in [0, 0.1) is 0 Å². The molecule has 0 radical (unpaired) electrons. The van der Waals surface area contributed by atoms with Gasteiger partial charge in [-0.25, -0.2) is 0 Å². The molecule has 0 bridgehead atoms. The van der Waals surface area contributed by atoms with Crippen LogP contribution in [0.3, 0.4) is 0 Å². The van der Waals surface area contributed by atoms with Crippen LogP contribution in [0.1, 0.15) is 45.6 Å². The normalized spacial score (nSPS) is 24.4. The third-order valence-electron chi connectivity index (χ3n) is 5.61. The van der Waals surface area contributed by atoms with E-state index in [4.69, 9.17) is 14.2 Å². The van der Waals surface area contributed by atoms with Gasteiger partial charge in [0.15, 0.2) is 18.3 Å². The molecule has 2 unspecified atom stereocenters. The van der Waals surface area contributed by atoms with Crippen LogP contribution in [0.2, 0.25) is 0 Å². The number of piperidine rings is 2. The number of anilines is 1. The van der Waals surface area contributed by atoms with Crippen LogP contribution in [0.5, 0.6) is 0 Å². The predicted molar refractivity (Wildman–Crippen MR) is 114 cm³/mol. The van der Waals surface area contributed by atoms with Crippen LogP contribution >= 0.6 is 0 Å². The summed E-state index contributed by atoms with van der Waals surface area (Å²) in [6.07, 6.45) is 1.50. The van der Waals surface area contributed by atoms with Crippen LogP contribution in [0.4, 0.5) is 5.69 Å². The molecule has 0 amide bonds. The van der Waals surface area contributed by atoms with Gasteiger partial charge in [0.2, 0.25) is 0 Å². The molecule has 0 spiro atoms. The summed E-state index contributed by atoms with van der Waals surface area (Å²) < 4.78 is 16.2. The van der Waals surface area contributed by atoms with E-state index in [0.717, 1.165) is 18.7 Å². The topological polar surface area (TPSA) is 85.4 Å². The summed E-state index contributed by atoms with van der Waals surface area (Å²) in [6.45, 7) is 7.45. The molecule has 0 N–H and O–H groups in total. The van der Waals surface area contributed by atoms with Crippen molar-refractivity contribution in [3.63, 3.8) is 0 Å². The molecule has 2 aliphatic rings. The van der Waals surface area contributed by atoms with Gasteiger partial charge in [0.05, 0.1) is 0 Å². The van der Waals surface area contributed by atoms with Crippen molar-refractivity contribution >= 4 is 23.6 Å². The fourth-order valence-electron chi connectivity index (χ4n) is 4.36. The Hall–Kier alpha value is -2.61. The first-order valence-electron chi connectivity index (χ1n) is 10.9. The van der Waals surface area contributed by atoms with Crippen molar-refractivity contribution in [2.75, 3.05) is 31.1 Å². The summed E-state index contributed by atoms with van der Waals surface area (Å²) in [5.74, 6) is -1.46. The highest BCUT2D eigenvalue weighted by molar-refractivity contribution is 5.68. The Morgan fingerprint density at radius 3 is 1.81 bits per heavy atom. The second-order valence-electron chi connectivity index (χ2n) is 8.28. The molecular formula is C23H32N2O6. The van der Waals surface area contributed by atoms with E-state index in [1.807, 2.05) is 0 Å². The molecule has 8 heteroatoms. The molecule has 0 aromatic heterocycles. The minimum atomic E-state index is -0.831. The Bertz CT molecular complexity index is 749. The van der Waals surface area contributed by atoms with Gasteiger partial charge in [-0.2, -0.15) is 0 Å². The van der Waals surface area contributed by atoms with Crippen LogP contribution < -0.4 is 4.90 Å². The van der Waals surface area contributed by atoms with E-state index >= 15 is 0 Å². The fourth-order valence-corrected chi connectivity index (χ4v) is 4.36. The summed E-state index contributed by atoms with van der Waals surface area (Å²) in [7, 11) is 0. The molecule has 0 saturated carbocycles. The minimum absolute atomic E-state index is 0.378. The fraction of sp³-hybridized carbons (Fsp3) is 0.609. The first-order valence-corrected chi connectivity index (χ1v) is 10.9. The van der Waals surface area contributed by atoms with Gasteiger partial charge in [0.25, 0.3) is 0 Å². The Labute approximate surface area is 183 Å². The van der Waals surface area contributed by atoms with Gasteiger partial charge in [-0.15, -0.1) is 0 Å². The van der Waals surface area contributed by atoms with Gasteiger partial charge in [-0.1, -0.05) is 12.1 Å². The number of carbonyl (C=O) groups is 3. The number of carbonyl (C=O) groups excluding carboxylic acids is 3. The second-order valence-corrected chi connectivity index (χ2v) is 8.28. The highest BCUT2D eigenvalue weighted by Crippen LogP contribution is 2.25. The van der Waals surface area contributed by atoms with E-state index in [0.29, 0.717) is 19.6 Å². The lowest BCUT2D eigenvalue weighted by atomic mass is 10.00. The number of hydrogen-bond acceptors (Lipinski definition) is 8. The maximum Gasteiger partial charge on any atom is 0.303 e. The van der Waals surface area contributed by atoms with E-state index in [1.54, 1.807) is 0 Å². The van der Waals surface area contributed by atoms with Crippen molar-refractivity contribution in [3.8, 4) is 0 Å². The molecule has 2 saturated heterocycles. The zero-order valence-electron chi connectivity index (χ0n) is 18.5. The van der Waals surface area contributed by atoms with Crippen LogP contribution in [0.25, 0.3) is 0 Å². The van der Waals surface area contributed by atoms with Crippen molar-refractivity contribution in [2.45, 2.75) is 64.9 Å². The second kappa shape index (κ2) is 10.6. The van der Waals surface area contributed by atoms with Crippen molar-refractivity contribution in [3.05, 3.63) is 29.8 Å². The van der Waals surface area contributed by atoms with Crippen molar-refractivity contribution in [1.29, 1.82) is 0 Å². The number of ether oxygens (including phenoxy) is 3. The first-order chi connectivity index (χ1) is 14.8. The molecule has 3 rings (SSSR count). The molecule has 2 aliphatic heterocycles. The molecule has 8 nitrogen and oxygen atoms in total.